The van der Waals surface area contributed by atoms with E-state index in [0.717, 1.165) is 0 Å². The van der Waals surface area contributed by atoms with Crippen molar-refractivity contribution < 1.29 is 9.59 Å². The van der Waals surface area contributed by atoms with Crippen LogP contribution in [0.4, 0.5) is 0 Å². The average molecular weight is 134 g/mol. The minimum absolute atomic E-state index is 0.312. The molecule has 0 aliphatic heterocycles. The maximum Gasteiger partial charge on any atom is 0.335 e. The van der Waals surface area contributed by atoms with Crippen molar-refractivity contribution >= 4 is 8.56 Å². The fraction of sp³-hybridized carbons (Fsp3) is 1.00. The van der Waals surface area contributed by atoms with Gasteiger partial charge in [-0.25, -0.2) is 0 Å². The van der Waals surface area contributed by atoms with Gasteiger partial charge in [0.15, 0.2) is 0 Å². The quantitative estimate of drug-likeness (QED) is 0.482. The van der Waals surface area contributed by atoms with Crippen LogP contribution in [-0.2, 0) is 0 Å². The van der Waals surface area contributed by atoms with Crippen LogP contribution in [0.5, 0.6) is 0 Å². The average Bonchev–Trinajstić information content (AvgIpc) is 1.25. The molecule has 8 heavy (non-hydrogen) atoms. The third kappa shape index (κ3) is 1.94. The van der Waals surface area contributed by atoms with E-state index in [9.17, 15) is 0 Å². The predicted molar refractivity (Wildman–Crippen MR) is 35.8 cm³/mol. The first-order chi connectivity index (χ1) is 3.25. The smallest absolute Gasteiger partial charge is 0.335 e. The van der Waals surface area contributed by atoms with Gasteiger partial charge in [0.2, 0.25) is 0 Å². The predicted octanol–water partition coefficient (Wildman–Crippen LogP) is 0.843. The summed E-state index contributed by atoms with van der Waals surface area (Å²) in [6.45, 7) is 7.02. The Kier molecular flexibility index (Phi) is 1.86. The molecule has 3 heteroatoms. The molecule has 0 aromatic rings. The van der Waals surface area contributed by atoms with Crippen LogP contribution in [-0.4, -0.2) is 18.2 Å². The van der Waals surface area contributed by atoms with Gasteiger partial charge in [-0.3, -0.25) is 0 Å². The van der Waals surface area contributed by atoms with Crippen molar-refractivity contribution in [1.29, 1.82) is 0 Å². The third-order valence-electron chi connectivity index (χ3n) is 1.42. The minimum Gasteiger partial charge on any atom is -0.410 e. The summed E-state index contributed by atoms with van der Waals surface area (Å²) >= 11 is 0. The van der Waals surface area contributed by atoms with Gasteiger partial charge < -0.3 is 9.59 Å². The first-order valence-corrected chi connectivity index (χ1v) is 5.09. The Labute approximate surface area is 51.4 Å². The third-order valence-corrected chi connectivity index (χ3v) is 4.26. The molecule has 0 amide bonds. The van der Waals surface area contributed by atoms with Gasteiger partial charge in [-0.05, 0) is 6.55 Å². The van der Waals surface area contributed by atoms with E-state index < -0.39 is 8.56 Å². The molecular formula is C5H14O2Si. The van der Waals surface area contributed by atoms with Crippen LogP contribution in [0.15, 0.2) is 0 Å². The van der Waals surface area contributed by atoms with Gasteiger partial charge >= 0.3 is 8.56 Å². The van der Waals surface area contributed by atoms with Crippen molar-refractivity contribution in [2.75, 3.05) is 0 Å². The van der Waals surface area contributed by atoms with E-state index >= 15 is 0 Å². The lowest BCUT2D eigenvalue weighted by Crippen LogP contribution is -2.40. The molecule has 0 radical (unpaired) electrons. The van der Waals surface area contributed by atoms with E-state index in [1.807, 2.05) is 20.8 Å². The fourth-order valence-corrected chi connectivity index (χ4v) is 0. The van der Waals surface area contributed by atoms with Crippen LogP contribution in [0.25, 0.3) is 0 Å². The largest absolute Gasteiger partial charge is 0.410 e. The summed E-state index contributed by atoms with van der Waals surface area (Å²) in [7, 11) is -2.86. The Hall–Kier alpha value is 0.137. The topological polar surface area (TPSA) is 40.5 Å². The summed E-state index contributed by atoms with van der Waals surface area (Å²) in [6, 6.07) is 0. The second-order valence-corrected chi connectivity index (χ2v) is 6.81. The molecule has 0 fully saturated rings. The summed E-state index contributed by atoms with van der Waals surface area (Å²) in [5.41, 5.74) is 0. The van der Waals surface area contributed by atoms with E-state index in [4.69, 9.17) is 9.59 Å². The van der Waals surface area contributed by atoms with Crippen molar-refractivity contribution in [3.63, 3.8) is 0 Å². The number of hydrogen-bond donors (Lipinski definition) is 2. The van der Waals surface area contributed by atoms with Gasteiger partial charge in [-0.2, -0.15) is 0 Å². The highest BCUT2D eigenvalue weighted by molar-refractivity contribution is 6.66. The highest BCUT2D eigenvalue weighted by Crippen LogP contribution is 2.31. The monoisotopic (exact) mass is 134 g/mol. The van der Waals surface area contributed by atoms with Gasteiger partial charge in [0.25, 0.3) is 0 Å². The van der Waals surface area contributed by atoms with Gasteiger partial charge in [-0.15, -0.1) is 0 Å². The molecule has 0 unspecified atom stereocenters. The van der Waals surface area contributed by atoms with E-state index in [0.29, 0.717) is 0 Å². The van der Waals surface area contributed by atoms with Crippen molar-refractivity contribution in [1.82, 2.24) is 0 Å². The van der Waals surface area contributed by atoms with Crippen molar-refractivity contribution in [3.05, 3.63) is 0 Å². The Morgan fingerprint density at radius 1 is 1.12 bits per heavy atom. The van der Waals surface area contributed by atoms with Crippen LogP contribution in [0.2, 0.25) is 11.6 Å². The number of rotatable bonds is 0. The molecule has 0 bridgehead atoms. The minimum atomic E-state index is -2.86. The fourth-order valence-electron chi connectivity index (χ4n) is 0. The molecule has 2 N–H and O–H groups in total. The molecule has 0 heterocycles. The van der Waals surface area contributed by atoms with Crippen LogP contribution in [0, 0.1) is 0 Å². The molecule has 0 atom stereocenters. The zero-order valence-corrected chi connectivity index (χ0v) is 6.89. The van der Waals surface area contributed by atoms with Crippen LogP contribution < -0.4 is 0 Å². The highest BCUT2D eigenvalue weighted by Gasteiger charge is 2.37. The maximum atomic E-state index is 9.05. The van der Waals surface area contributed by atoms with Crippen molar-refractivity contribution in [2.24, 2.45) is 0 Å². The molecule has 0 aliphatic rings. The lowest BCUT2D eigenvalue weighted by Gasteiger charge is -2.27. The van der Waals surface area contributed by atoms with Crippen molar-refractivity contribution in [2.45, 2.75) is 32.4 Å². The van der Waals surface area contributed by atoms with E-state index in [-0.39, 0.29) is 5.04 Å². The van der Waals surface area contributed by atoms with E-state index in [1.54, 1.807) is 0 Å². The molecular weight excluding hydrogens is 120 g/mol. The van der Waals surface area contributed by atoms with E-state index in [1.165, 1.54) is 6.55 Å². The molecule has 0 aliphatic carbocycles. The highest BCUT2D eigenvalue weighted by atomic mass is 28.4. The van der Waals surface area contributed by atoms with Gasteiger partial charge in [0.05, 0.1) is 0 Å². The lowest BCUT2D eigenvalue weighted by atomic mass is 10.3. The van der Waals surface area contributed by atoms with Gasteiger partial charge in [-0.1, -0.05) is 20.8 Å². The molecule has 2 nitrogen and oxygen atoms in total. The summed E-state index contributed by atoms with van der Waals surface area (Å²) < 4.78 is 0. The molecule has 0 spiro atoms. The van der Waals surface area contributed by atoms with Crippen LogP contribution in [0.1, 0.15) is 20.8 Å². The molecule has 50 valence electrons. The Morgan fingerprint density at radius 3 is 1.25 bits per heavy atom. The second kappa shape index (κ2) is 1.82. The van der Waals surface area contributed by atoms with Gasteiger partial charge in [0.1, 0.15) is 0 Å². The summed E-state index contributed by atoms with van der Waals surface area (Å²) in [6.07, 6.45) is 0. The molecule has 0 rings (SSSR count). The standard InChI is InChI=1S/C5H14O2Si/c1-5(2,3)8(4,6)7/h6-7H,1-4H3. The van der Waals surface area contributed by atoms with Gasteiger partial charge in [0, 0.05) is 5.04 Å². The van der Waals surface area contributed by atoms with Crippen LogP contribution in [0.3, 0.4) is 0 Å². The molecule has 0 aromatic carbocycles. The molecule has 0 aromatic heterocycles. The lowest BCUT2D eigenvalue weighted by molar-refractivity contribution is 0.325. The zero-order chi connectivity index (χ0) is 7.00. The second-order valence-electron chi connectivity index (χ2n) is 3.27. The Balaban J connectivity index is 4.02. The SMILES string of the molecule is CC(C)(C)[Si](C)(O)O. The molecule has 0 saturated carbocycles. The first kappa shape index (κ1) is 8.14. The summed E-state index contributed by atoms with van der Waals surface area (Å²) in [5, 5.41) is -0.312. The normalized spacial score (nSPS) is 14.2. The first-order valence-electron chi connectivity index (χ1n) is 2.70. The maximum absolute atomic E-state index is 9.05. The Bertz CT molecular complexity index is 65.4. The Morgan fingerprint density at radius 2 is 1.25 bits per heavy atom. The number of hydrogen-bond acceptors (Lipinski definition) is 2. The van der Waals surface area contributed by atoms with E-state index in [2.05, 4.69) is 0 Å². The summed E-state index contributed by atoms with van der Waals surface area (Å²) in [4.78, 5) is 18.1. The summed E-state index contributed by atoms with van der Waals surface area (Å²) in [5.74, 6) is 0. The molecule has 0 saturated heterocycles. The van der Waals surface area contributed by atoms with Crippen LogP contribution >= 0.6 is 0 Å². The zero-order valence-electron chi connectivity index (χ0n) is 5.89. The van der Waals surface area contributed by atoms with Crippen molar-refractivity contribution in [3.8, 4) is 0 Å².